The first kappa shape index (κ1) is 18.9. The van der Waals surface area contributed by atoms with E-state index >= 15 is 0 Å². The summed E-state index contributed by atoms with van der Waals surface area (Å²) >= 11 is 3.56. The summed E-state index contributed by atoms with van der Waals surface area (Å²) in [7, 11) is 0. The summed E-state index contributed by atoms with van der Waals surface area (Å²) in [6, 6.07) is 17.7. The van der Waals surface area contributed by atoms with E-state index in [0.29, 0.717) is 0 Å². The van der Waals surface area contributed by atoms with E-state index in [4.69, 9.17) is 0 Å². The second-order valence-corrected chi connectivity index (χ2v) is 8.15. The molecule has 25 heavy (non-hydrogen) atoms. The Kier molecular flexibility index (Phi) is 6.24. The van der Waals surface area contributed by atoms with Gasteiger partial charge in [-0.15, -0.1) is 17.0 Å². The van der Waals surface area contributed by atoms with Gasteiger partial charge in [-0.2, -0.15) is 0 Å². The summed E-state index contributed by atoms with van der Waals surface area (Å²) < 4.78 is 1.17. The lowest BCUT2D eigenvalue weighted by molar-refractivity contribution is 0.246. The fourth-order valence-corrected chi connectivity index (χ4v) is 4.51. The average molecular weight is 466 g/mol. The summed E-state index contributed by atoms with van der Waals surface area (Å²) in [4.78, 5) is 5.21. The molecule has 0 unspecified atom stereocenters. The number of anilines is 1. The molecule has 1 aliphatic carbocycles. The van der Waals surface area contributed by atoms with E-state index < -0.39 is 0 Å². The lowest BCUT2D eigenvalue weighted by Gasteiger charge is -2.37. The quantitative estimate of drug-likeness (QED) is 0.607. The summed E-state index contributed by atoms with van der Waals surface area (Å²) in [5.74, 6) is 1.67. The van der Waals surface area contributed by atoms with Crippen LogP contribution >= 0.6 is 32.9 Å². The van der Waals surface area contributed by atoms with Crippen molar-refractivity contribution in [2.24, 2.45) is 5.92 Å². The van der Waals surface area contributed by atoms with Crippen LogP contribution in [0.4, 0.5) is 5.69 Å². The minimum atomic E-state index is 0. The van der Waals surface area contributed by atoms with Crippen molar-refractivity contribution < 1.29 is 0 Å². The van der Waals surface area contributed by atoms with Gasteiger partial charge in [-0.1, -0.05) is 46.3 Å². The molecule has 1 saturated heterocycles. The van der Waals surface area contributed by atoms with E-state index in [1.165, 1.54) is 47.3 Å². The topological polar surface area (TPSA) is 6.48 Å². The van der Waals surface area contributed by atoms with E-state index in [-0.39, 0.29) is 17.0 Å². The van der Waals surface area contributed by atoms with Crippen LogP contribution in [0.15, 0.2) is 53.0 Å². The lowest BCUT2D eigenvalue weighted by atomic mass is 10.1. The van der Waals surface area contributed by atoms with Gasteiger partial charge in [0.25, 0.3) is 0 Å². The van der Waals surface area contributed by atoms with Gasteiger partial charge in [-0.3, -0.25) is 4.90 Å². The lowest BCUT2D eigenvalue weighted by Crippen LogP contribution is -2.47. The predicted molar refractivity (Wildman–Crippen MR) is 115 cm³/mol. The highest BCUT2D eigenvalue weighted by atomic mass is 79.9. The number of hydrogen-bond acceptors (Lipinski definition) is 2. The highest BCUT2D eigenvalue weighted by Gasteiger charge is 2.39. The van der Waals surface area contributed by atoms with Crippen molar-refractivity contribution in [3.05, 3.63) is 64.1 Å². The van der Waals surface area contributed by atoms with E-state index in [2.05, 4.69) is 81.2 Å². The molecule has 0 bridgehead atoms. The largest absolute Gasteiger partial charge is 0.369 e. The molecule has 0 radical (unpaired) electrons. The molecule has 2 atom stereocenters. The van der Waals surface area contributed by atoms with Crippen molar-refractivity contribution in [1.82, 2.24) is 4.90 Å². The van der Waals surface area contributed by atoms with Crippen LogP contribution in [0.3, 0.4) is 0 Å². The highest BCUT2D eigenvalue weighted by Crippen LogP contribution is 2.47. The Bertz CT molecular complexity index is 696. The van der Waals surface area contributed by atoms with Gasteiger partial charge in [0.2, 0.25) is 0 Å². The smallest absolute Gasteiger partial charge is 0.0397 e. The summed E-state index contributed by atoms with van der Waals surface area (Å²) in [6.07, 6.45) is 1.37. The molecular formula is C21H26Br2N2. The second-order valence-electron chi connectivity index (χ2n) is 7.23. The summed E-state index contributed by atoms with van der Waals surface area (Å²) in [6.45, 7) is 8.14. The molecule has 1 saturated carbocycles. The zero-order valence-corrected chi connectivity index (χ0v) is 18.0. The number of aryl methyl sites for hydroxylation is 1. The van der Waals surface area contributed by atoms with Gasteiger partial charge in [0.15, 0.2) is 0 Å². The first-order valence-corrected chi connectivity index (χ1v) is 9.78. The molecule has 0 spiro atoms. The van der Waals surface area contributed by atoms with Gasteiger partial charge in [0, 0.05) is 42.9 Å². The van der Waals surface area contributed by atoms with Gasteiger partial charge in [-0.25, -0.2) is 0 Å². The van der Waals surface area contributed by atoms with Gasteiger partial charge >= 0.3 is 0 Å². The fourth-order valence-electron chi connectivity index (χ4n) is 4.03. The molecule has 0 amide bonds. The Morgan fingerprint density at radius 3 is 2.40 bits per heavy atom. The highest BCUT2D eigenvalue weighted by molar-refractivity contribution is 9.10. The fraction of sp³-hybridized carbons (Fsp3) is 0.429. The first-order valence-electron chi connectivity index (χ1n) is 8.99. The zero-order chi connectivity index (χ0) is 16.5. The minimum Gasteiger partial charge on any atom is -0.369 e. The SMILES string of the molecule is Br.Cc1cc(Br)ccc1N1CCN(C[C@@H]2C[C@H]2c2ccccc2)CC1. The minimum absolute atomic E-state index is 0. The maximum absolute atomic E-state index is 3.56. The van der Waals surface area contributed by atoms with Crippen LogP contribution in [-0.4, -0.2) is 37.6 Å². The van der Waals surface area contributed by atoms with Crippen molar-refractivity contribution in [3.8, 4) is 0 Å². The third-order valence-electron chi connectivity index (χ3n) is 5.51. The van der Waals surface area contributed by atoms with Gasteiger partial charge in [0.1, 0.15) is 0 Å². The monoisotopic (exact) mass is 464 g/mol. The van der Waals surface area contributed by atoms with E-state index in [1.807, 2.05) is 0 Å². The molecule has 2 aromatic rings. The Labute approximate surface area is 170 Å². The van der Waals surface area contributed by atoms with Crippen LogP contribution in [0.25, 0.3) is 0 Å². The number of rotatable bonds is 4. The zero-order valence-electron chi connectivity index (χ0n) is 14.7. The first-order chi connectivity index (χ1) is 11.7. The molecular weight excluding hydrogens is 440 g/mol. The number of nitrogens with zero attached hydrogens (tertiary/aromatic N) is 2. The van der Waals surface area contributed by atoms with E-state index in [0.717, 1.165) is 24.9 Å². The summed E-state index contributed by atoms with van der Waals surface area (Å²) in [5.41, 5.74) is 4.29. The van der Waals surface area contributed by atoms with Gasteiger partial charge in [0.05, 0.1) is 0 Å². The predicted octanol–water partition coefficient (Wildman–Crippen LogP) is 5.26. The number of hydrogen-bond donors (Lipinski definition) is 0. The molecule has 2 fully saturated rings. The molecule has 4 heteroatoms. The van der Waals surface area contributed by atoms with Crippen molar-refractivity contribution in [3.63, 3.8) is 0 Å². The third kappa shape index (κ3) is 4.47. The van der Waals surface area contributed by atoms with Crippen molar-refractivity contribution in [2.75, 3.05) is 37.6 Å². The van der Waals surface area contributed by atoms with Crippen LogP contribution < -0.4 is 4.90 Å². The van der Waals surface area contributed by atoms with Crippen molar-refractivity contribution in [1.29, 1.82) is 0 Å². The van der Waals surface area contributed by atoms with Crippen LogP contribution in [-0.2, 0) is 0 Å². The maximum atomic E-state index is 3.56. The second kappa shape index (κ2) is 8.24. The van der Waals surface area contributed by atoms with Gasteiger partial charge < -0.3 is 4.90 Å². The molecule has 2 aromatic carbocycles. The number of benzene rings is 2. The van der Waals surface area contributed by atoms with Gasteiger partial charge in [-0.05, 0) is 54.5 Å². The Morgan fingerprint density at radius 2 is 1.72 bits per heavy atom. The Hall–Kier alpha value is -0.840. The molecule has 1 aliphatic heterocycles. The normalized spacial score (nSPS) is 23.2. The molecule has 1 heterocycles. The number of piperazine rings is 1. The average Bonchev–Trinajstić information content (AvgIpc) is 3.36. The van der Waals surface area contributed by atoms with Crippen LogP contribution in [0.5, 0.6) is 0 Å². The molecule has 2 nitrogen and oxygen atoms in total. The molecule has 0 aromatic heterocycles. The third-order valence-corrected chi connectivity index (χ3v) is 6.01. The molecule has 134 valence electrons. The Balaban J connectivity index is 0.00000182. The van der Waals surface area contributed by atoms with Crippen molar-refractivity contribution in [2.45, 2.75) is 19.3 Å². The van der Waals surface area contributed by atoms with Crippen LogP contribution in [0.1, 0.15) is 23.5 Å². The molecule has 2 aliphatic rings. The van der Waals surface area contributed by atoms with Crippen LogP contribution in [0, 0.1) is 12.8 Å². The number of halogens is 2. The molecule has 0 N–H and O–H groups in total. The summed E-state index contributed by atoms with van der Waals surface area (Å²) in [5, 5.41) is 0. The molecule has 4 rings (SSSR count). The Morgan fingerprint density at radius 1 is 1.00 bits per heavy atom. The standard InChI is InChI=1S/C21H25BrN2.BrH/c1-16-13-19(22)7-8-21(16)24-11-9-23(10-12-24)15-18-14-20(18)17-5-3-2-4-6-17;/h2-8,13,18,20H,9-12,14-15H2,1H3;1H/t18-,20-;/m0./s1. The van der Waals surface area contributed by atoms with Crippen molar-refractivity contribution >= 4 is 38.6 Å². The van der Waals surface area contributed by atoms with E-state index in [9.17, 15) is 0 Å². The van der Waals surface area contributed by atoms with E-state index in [1.54, 1.807) is 0 Å². The van der Waals surface area contributed by atoms with Crippen LogP contribution in [0.2, 0.25) is 0 Å². The maximum Gasteiger partial charge on any atom is 0.0397 e.